The van der Waals surface area contributed by atoms with Gasteiger partial charge in [0.15, 0.2) is 0 Å². The summed E-state index contributed by atoms with van der Waals surface area (Å²) in [6.45, 7) is 1.94. The van der Waals surface area contributed by atoms with Crippen LogP contribution in [0.3, 0.4) is 0 Å². The van der Waals surface area contributed by atoms with Crippen LogP contribution in [0.4, 0.5) is 0 Å². The number of aliphatic carboxylic acids is 1. The zero-order chi connectivity index (χ0) is 20.8. The van der Waals surface area contributed by atoms with Crippen LogP contribution >= 0.6 is 11.8 Å². The Bertz CT molecular complexity index is 848. The Hall–Kier alpha value is -2.34. The van der Waals surface area contributed by atoms with Gasteiger partial charge < -0.3 is 10.0 Å². The first kappa shape index (κ1) is 21.4. The van der Waals surface area contributed by atoms with Crippen molar-refractivity contribution >= 4 is 23.6 Å². The van der Waals surface area contributed by atoms with Gasteiger partial charge >= 0.3 is 5.97 Å². The molecular formula is C23H28N2O3S. The minimum absolute atomic E-state index is 0.0292. The van der Waals surface area contributed by atoms with E-state index in [-0.39, 0.29) is 17.9 Å². The fraction of sp³-hybridized carbons (Fsp3) is 0.435. The molecule has 0 aliphatic heterocycles. The number of thioether (sulfide) groups is 1. The quantitative estimate of drug-likeness (QED) is 0.681. The number of carbonyl (C=O) groups is 2. The second-order valence-electron chi connectivity index (χ2n) is 7.65. The number of amides is 1. The summed E-state index contributed by atoms with van der Waals surface area (Å²) in [6, 6.07) is 14.1. The van der Waals surface area contributed by atoms with Gasteiger partial charge in [-0.2, -0.15) is 0 Å². The number of hydrogen-bond acceptors (Lipinski definition) is 4. The summed E-state index contributed by atoms with van der Waals surface area (Å²) in [7, 11) is 1.83. The largest absolute Gasteiger partial charge is 0.481 e. The van der Waals surface area contributed by atoms with Crippen molar-refractivity contribution in [3.8, 4) is 0 Å². The highest BCUT2D eigenvalue weighted by Crippen LogP contribution is 2.29. The van der Waals surface area contributed by atoms with Crippen molar-refractivity contribution < 1.29 is 14.7 Å². The number of pyridine rings is 1. The van der Waals surface area contributed by atoms with Gasteiger partial charge in [-0.25, -0.2) is 4.98 Å². The molecule has 1 fully saturated rings. The van der Waals surface area contributed by atoms with Crippen molar-refractivity contribution in [3.05, 3.63) is 59.3 Å². The summed E-state index contributed by atoms with van der Waals surface area (Å²) in [5.74, 6) is -0.176. The molecule has 5 nitrogen and oxygen atoms in total. The second-order valence-corrected chi connectivity index (χ2v) is 8.73. The highest BCUT2D eigenvalue weighted by Gasteiger charge is 2.30. The van der Waals surface area contributed by atoms with Crippen LogP contribution in [0.2, 0.25) is 0 Å². The first-order valence-corrected chi connectivity index (χ1v) is 11.1. The number of benzene rings is 1. The van der Waals surface area contributed by atoms with Crippen LogP contribution < -0.4 is 0 Å². The van der Waals surface area contributed by atoms with Crippen LogP contribution in [0.25, 0.3) is 0 Å². The molecule has 154 valence electrons. The van der Waals surface area contributed by atoms with Gasteiger partial charge in [-0.15, -0.1) is 11.8 Å². The van der Waals surface area contributed by atoms with Gasteiger partial charge in [-0.05, 0) is 56.7 Å². The molecule has 0 unspecified atom stereocenters. The van der Waals surface area contributed by atoms with E-state index >= 15 is 0 Å². The third kappa shape index (κ3) is 5.60. The van der Waals surface area contributed by atoms with E-state index in [0.717, 1.165) is 35.7 Å². The van der Waals surface area contributed by atoms with E-state index in [4.69, 9.17) is 0 Å². The Morgan fingerprint density at radius 1 is 1.10 bits per heavy atom. The van der Waals surface area contributed by atoms with E-state index in [1.807, 2.05) is 44.3 Å². The Labute approximate surface area is 176 Å². The maximum Gasteiger partial charge on any atom is 0.306 e. The topological polar surface area (TPSA) is 70.5 Å². The van der Waals surface area contributed by atoms with Crippen LogP contribution in [0.15, 0.2) is 47.5 Å². The van der Waals surface area contributed by atoms with Crippen molar-refractivity contribution in [2.45, 2.75) is 50.1 Å². The highest BCUT2D eigenvalue weighted by molar-refractivity contribution is 7.99. The maximum atomic E-state index is 13.2. The van der Waals surface area contributed by atoms with Crippen LogP contribution in [0, 0.1) is 12.8 Å². The first-order valence-electron chi connectivity index (χ1n) is 10.1. The van der Waals surface area contributed by atoms with Crippen molar-refractivity contribution in [1.29, 1.82) is 0 Å². The lowest BCUT2D eigenvalue weighted by molar-refractivity contribution is -0.143. The minimum atomic E-state index is -0.725. The normalized spacial score (nSPS) is 19.0. The third-order valence-corrected chi connectivity index (χ3v) is 6.61. The molecule has 1 amide bonds. The first-order chi connectivity index (χ1) is 14.0. The van der Waals surface area contributed by atoms with E-state index < -0.39 is 5.97 Å². The molecule has 2 aromatic rings. The van der Waals surface area contributed by atoms with Gasteiger partial charge in [0.25, 0.3) is 5.91 Å². The smallest absolute Gasteiger partial charge is 0.306 e. The lowest BCUT2D eigenvalue weighted by Gasteiger charge is -2.33. The molecule has 6 heteroatoms. The minimum Gasteiger partial charge on any atom is -0.481 e. The zero-order valence-corrected chi connectivity index (χ0v) is 17.8. The van der Waals surface area contributed by atoms with E-state index in [1.165, 1.54) is 5.56 Å². The van der Waals surface area contributed by atoms with Crippen LogP contribution in [0.1, 0.15) is 47.3 Å². The van der Waals surface area contributed by atoms with Gasteiger partial charge in [0, 0.05) is 24.5 Å². The van der Waals surface area contributed by atoms with Gasteiger partial charge in [-0.1, -0.05) is 30.3 Å². The molecule has 29 heavy (non-hydrogen) atoms. The number of nitrogens with zero attached hydrogens (tertiary/aromatic N) is 2. The van der Waals surface area contributed by atoms with Gasteiger partial charge in [0.1, 0.15) is 5.03 Å². The number of carbonyl (C=O) groups excluding carboxylic acids is 1. The summed E-state index contributed by atoms with van der Waals surface area (Å²) >= 11 is 1.62. The lowest BCUT2D eigenvalue weighted by Crippen LogP contribution is -2.40. The van der Waals surface area contributed by atoms with Gasteiger partial charge in [-0.3, -0.25) is 9.59 Å². The van der Waals surface area contributed by atoms with E-state index in [1.54, 1.807) is 16.7 Å². The average Bonchev–Trinajstić information content (AvgIpc) is 2.74. The van der Waals surface area contributed by atoms with E-state index in [0.29, 0.717) is 18.4 Å². The monoisotopic (exact) mass is 412 g/mol. The zero-order valence-electron chi connectivity index (χ0n) is 17.0. The molecule has 1 saturated carbocycles. The Morgan fingerprint density at radius 3 is 2.45 bits per heavy atom. The molecule has 1 heterocycles. The van der Waals surface area contributed by atoms with E-state index in [9.17, 15) is 14.7 Å². The van der Waals surface area contributed by atoms with Gasteiger partial charge in [0.2, 0.25) is 0 Å². The Morgan fingerprint density at radius 2 is 1.79 bits per heavy atom. The summed E-state index contributed by atoms with van der Waals surface area (Å²) in [4.78, 5) is 30.8. The molecule has 0 saturated heterocycles. The molecule has 1 aliphatic rings. The fourth-order valence-electron chi connectivity index (χ4n) is 3.78. The molecule has 1 aromatic heterocycles. The molecular weight excluding hydrogens is 384 g/mol. The van der Waals surface area contributed by atoms with Crippen molar-refractivity contribution in [1.82, 2.24) is 9.88 Å². The van der Waals surface area contributed by atoms with Crippen molar-refractivity contribution in [2.75, 3.05) is 12.8 Å². The Balaban J connectivity index is 1.66. The molecule has 0 atom stereocenters. The standard InChI is InChI=1S/C23H28N2O3S/c1-16-8-13-20(21(24-16)29-15-14-17-6-4-3-5-7-17)22(26)25(2)19-11-9-18(10-12-19)23(27)28/h3-8,13,18-19H,9-12,14-15H2,1-2H3,(H,27,28). The van der Waals surface area contributed by atoms with E-state index in [2.05, 4.69) is 17.1 Å². The molecule has 1 N–H and O–H groups in total. The molecule has 1 aromatic carbocycles. The Kier molecular flexibility index (Phi) is 7.31. The third-order valence-electron chi connectivity index (χ3n) is 5.62. The van der Waals surface area contributed by atoms with Crippen LogP contribution in [-0.4, -0.2) is 45.7 Å². The number of carboxylic acids is 1. The summed E-state index contributed by atoms with van der Waals surface area (Å²) in [6.07, 6.45) is 3.64. The highest BCUT2D eigenvalue weighted by atomic mass is 32.2. The average molecular weight is 413 g/mol. The SMILES string of the molecule is Cc1ccc(C(=O)N(C)C2CCC(C(=O)O)CC2)c(SCCc2ccccc2)n1. The maximum absolute atomic E-state index is 13.2. The van der Waals surface area contributed by atoms with Crippen molar-refractivity contribution in [3.63, 3.8) is 0 Å². The number of aromatic nitrogens is 1. The molecule has 0 spiro atoms. The summed E-state index contributed by atoms with van der Waals surface area (Å²) in [5.41, 5.74) is 2.80. The molecule has 0 bridgehead atoms. The number of hydrogen-bond donors (Lipinski definition) is 1. The predicted octanol–water partition coefficient (Wildman–Crippen LogP) is 4.44. The van der Waals surface area contributed by atoms with Crippen molar-refractivity contribution in [2.24, 2.45) is 5.92 Å². The molecule has 3 rings (SSSR count). The second kappa shape index (κ2) is 9.92. The van der Waals surface area contributed by atoms with Crippen LogP contribution in [-0.2, 0) is 11.2 Å². The number of aryl methyl sites for hydroxylation is 2. The van der Waals surface area contributed by atoms with Crippen LogP contribution in [0.5, 0.6) is 0 Å². The lowest BCUT2D eigenvalue weighted by atomic mass is 9.85. The summed E-state index contributed by atoms with van der Waals surface area (Å²) in [5, 5.41) is 9.96. The number of rotatable bonds is 7. The summed E-state index contributed by atoms with van der Waals surface area (Å²) < 4.78 is 0. The molecule has 0 radical (unpaired) electrons. The fourth-order valence-corrected chi connectivity index (χ4v) is 4.83. The number of carboxylic acid groups (broad SMARTS) is 1. The molecule has 1 aliphatic carbocycles. The predicted molar refractivity (Wildman–Crippen MR) is 115 cm³/mol. The van der Waals surface area contributed by atoms with Gasteiger partial charge in [0.05, 0.1) is 11.5 Å².